The van der Waals surface area contributed by atoms with Crippen LogP contribution in [0.15, 0.2) is 53.5 Å². The monoisotopic (exact) mass is 456 g/mol. The minimum atomic E-state index is -1.21. The van der Waals surface area contributed by atoms with Crippen molar-refractivity contribution in [2.24, 2.45) is 10.7 Å². The smallest absolute Gasteiger partial charge is 0.407 e. The molecule has 0 unspecified atom stereocenters. The molecule has 2 aromatic carbocycles. The number of hydrazine groups is 1. The highest BCUT2D eigenvalue weighted by Gasteiger charge is 2.27. The van der Waals surface area contributed by atoms with Gasteiger partial charge in [0.15, 0.2) is 0 Å². The first kappa shape index (κ1) is 23.5. The van der Waals surface area contributed by atoms with Gasteiger partial charge in [0.1, 0.15) is 17.6 Å². The van der Waals surface area contributed by atoms with Crippen molar-refractivity contribution in [3.63, 3.8) is 0 Å². The lowest BCUT2D eigenvalue weighted by atomic mass is 9.78. The Morgan fingerprint density at radius 3 is 2.33 bits per heavy atom. The fourth-order valence-electron chi connectivity index (χ4n) is 3.85. The van der Waals surface area contributed by atoms with E-state index in [9.17, 15) is 19.6 Å². The molecule has 6 N–H and O–H groups in total. The lowest BCUT2D eigenvalue weighted by molar-refractivity contribution is -0.822. The molecule has 0 fully saturated rings. The molecule has 174 valence electrons. The maximum atomic E-state index is 12.4. The Kier molecular flexibility index (Phi) is 7.79. The van der Waals surface area contributed by atoms with Crippen LogP contribution in [0, 0.1) is 4.91 Å². The number of carboxylic acids is 1. The number of aliphatic imine (C=N–C) groups is 1. The van der Waals surface area contributed by atoms with Crippen molar-refractivity contribution in [3.8, 4) is 0 Å². The summed E-state index contributed by atoms with van der Waals surface area (Å²) in [6.07, 6.45) is 0.308. The third-order valence-electron chi connectivity index (χ3n) is 5.36. The van der Waals surface area contributed by atoms with E-state index in [-0.39, 0.29) is 37.9 Å². The van der Waals surface area contributed by atoms with Gasteiger partial charge in [-0.05, 0) is 46.9 Å². The molecule has 0 bridgehead atoms. The van der Waals surface area contributed by atoms with Crippen LogP contribution >= 0.6 is 0 Å². The first-order valence-electron chi connectivity index (χ1n) is 10.4. The molecule has 0 heterocycles. The predicted octanol–water partition coefficient (Wildman–Crippen LogP) is 1.67. The molecule has 1 atom stereocenters. The number of fused-ring (bicyclic) bond motifs is 2. The van der Waals surface area contributed by atoms with E-state index in [1.54, 1.807) is 5.43 Å². The number of nitrogens with two attached hydrogens (primary N) is 1. The molecule has 0 saturated heterocycles. The Labute approximate surface area is 189 Å². The number of nitrogens with zero attached hydrogens (tertiary/aromatic N) is 2. The number of benzene rings is 2. The maximum Gasteiger partial charge on any atom is 0.407 e. The van der Waals surface area contributed by atoms with Crippen LogP contribution in [0.25, 0.3) is 0 Å². The largest absolute Gasteiger partial charge is 0.480 e. The van der Waals surface area contributed by atoms with Gasteiger partial charge in [0, 0.05) is 12.5 Å². The van der Waals surface area contributed by atoms with Gasteiger partial charge in [-0.1, -0.05) is 48.5 Å². The highest BCUT2D eigenvalue weighted by molar-refractivity contribution is 5.80. The van der Waals surface area contributed by atoms with Gasteiger partial charge < -0.3 is 20.9 Å². The molecule has 1 aliphatic rings. The number of nitrogens with one attached hydrogen (secondary N) is 2. The van der Waals surface area contributed by atoms with Crippen molar-refractivity contribution in [1.29, 1.82) is 0 Å². The van der Waals surface area contributed by atoms with Gasteiger partial charge in [0.2, 0.25) is 0 Å². The van der Waals surface area contributed by atoms with Gasteiger partial charge in [-0.2, -0.15) is 0 Å². The number of hydrogen-bond acceptors (Lipinski definition) is 5. The number of amides is 1. The lowest BCUT2D eigenvalue weighted by Crippen LogP contribution is -2.41. The first-order valence-corrected chi connectivity index (χ1v) is 10.4. The molecule has 11 heteroatoms. The zero-order valence-corrected chi connectivity index (χ0v) is 17.8. The van der Waals surface area contributed by atoms with Gasteiger partial charge in [-0.15, -0.1) is 0 Å². The van der Waals surface area contributed by atoms with E-state index in [1.165, 1.54) is 11.1 Å². The van der Waals surface area contributed by atoms with E-state index in [0.717, 1.165) is 17.5 Å². The minimum absolute atomic E-state index is 0.0660. The molecule has 0 aromatic heterocycles. The standard InChI is InChI=1S/C22H25N5O6/c23-21(26-27(31)32)24-11-5-10-19(20(28)29)25-22(30)33-13-18-16-8-3-1-6-14(16)12-15-7-2-4-9-17(15)18/h1-4,6-9,18-19H,5,10-13H2,(H5-,23,24,25,26,28,29,30,31,32)/p+1/t19-/m0/s1. The zero-order valence-electron chi connectivity index (χ0n) is 17.8. The molecular weight excluding hydrogens is 430 g/mol. The molecule has 2 aromatic rings. The first-order chi connectivity index (χ1) is 15.8. The van der Waals surface area contributed by atoms with E-state index >= 15 is 0 Å². The Hall–Kier alpha value is -4.15. The number of carboxylic acid groups (broad SMARTS) is 1. The maximum absolute atomic E-state index is 12.4. The molecule has 0 aliphatic heterocycles. The third-order valence-corrected chi connectivity index (χ3v) is 5.36. The number of hydrogen-bond donors (Lipinski definition) is 5. The van der Waals surface area contributed by atoms with Crippen molar-refractivity contribution in [2.45, 2.75) is 31.2 Å². The SMILES string of the molecule is NC(=NCCC[C@H](NC(=O)OCC1c2ccccc2Cc2ccccc21)C(=O)O)N[N+](=O)O. The quantitative estimate of drug-likeness (QED) is 0.164. The summed E-state index contributed by atoms with van der Waals surface area (Å²) in [5.74, 6) is -1.67. The van der Waals surface area contributed by atoms with E-state index in [0.29, 0.717) is 0 Å². The number of rotatable bonds is 9. The molecule has 0 spiro atoms. The van der Waals surface area contributed by atoms with Crippen LogP contribution in [-0.4, -0.2) is 52.6 Å². The van der Waals surface area contributed by atoms with Crippen LogP contribution in [0.1, 0.15) is 41.0 Å². The van der Waals surface area contributed by atoms with Crippen LogP contribution in [-0.2, 0) is 16.0 Å². The highest BCUT2D eigenvalue weighted by Crippen LogP contribution is 2.36. The van der Waals surface area contributed by atoms with Crippen molar-refractivity contribution >= 4 is 18.0 Å². The second kappa shape index (κ2) is 10.9. The Morgan fingerprint density at radius 1 is 1.15 bits per heavy atom. The summed E-state index contributed by atoms with van der Waals surface area (Å²) in [6.45, 7) is 0.161. The molecule has 3 rings (SSSR count). The number of guanidine groups is 1. The van der Waals surface area contributed by atoms with E-state index < -0.39 is 23.1 Å². The second-order valence-corrected chi connectivity index (χ2v) is 7.55. The van der Waals surface area contributed by atoms with Crippen LogP contribution in [0.5, 0.6) is 0 Å². The number of aliphatic carboxylic acids is 1. The topological polar surface area (TPSA) is 166 Å². The Balaban J connectivity index is 1.57. The number of alkyl carbamates (subject to hydrolysis) is 1. The van der Waals surface area contributed by atoms with Crippen molar-refractivity contribution in [1.82, 2.24) is 10.7 Å². The Bertz CT molecular complexity index is 1010. The molecule has 11 nitrogen and oxygen atoms in total. The molecule has 33 heavy (non-hydrogen) atoms. The number of ether oxygens (including phenoxy) is 1. The molecule has 1 amide bonds. The van der Waals surface area contributed by atoms with Gasteiger partial charge in [-0.25, -0.2) is 19.8 Å². The summed E-state index contributed by atoms with van der Waals surface area (Å²) in [5.41, 5.74) is 11.7. The summed E-state index contributed by atoms with van der Waals surface area (Å²) in [7, 11) is 0. The summed E-state index contributed by atoms with van der Waals surface area (Å²) in [5, 5.41) is 19.6. The van der Waals surface area contributed by atoms with Crippen molar-refractivity contribution in [2.75, 3.05) is 13.2 Å². The third kappa shape index (κ3) is 6.42. The van der Waals surface area contributed by atoms with Gasteiger partial charge in [0.25, 0.3) is 5.96 Å². The molecular formula is C22H26N5O6+. The average Bonchev–Trinajstić information content (AvgIpc) is 2.78. The summed E-state index contributed by atoms with van der Waals surface area (Å²) < 4.78 is 5.43. The fraction of sp³-hybridized carbons (Fsp3) is 0.318. The molecule has 0 radical (unpaired) electrons. The zero-order chi connectivity index (χ0) is 23.8. The molecule has 0 saturated carbocycles. The van der Waals surface area contributed by atoms with Crippen LogP contribution < -0.4 is 16.5 Å². The summed E-state index contributed by atoms with van der Waals surface area (Å²) >= 11 is 0. The number of carbonyl (C=O) groups is 2. The predicted molar refractivity (Wildman–Crippen MR) is 118 cm³/mol. The van der Waals surface area contributed by atoms with Crippen LogP contribution in [0.2, 0.25) is 0 Å². The summed E-state index contributed by atoms with van der Waals surface area (Å²) in [4.78, 5) is 38.0. The van der Waals surface area contributed by atoms with Gasteiger partial charge >= 0.3 is 17.1 Å². The Morgan fingerprint density at radius 2 is 1.76 bits per heavy atom. The lowest BCUT2D eigenvalue weighted by Gasteiger charge is -2.28. The van der Waals surface area contributed by atoms with E-state index in [1.807, 2.05) is 36.4 Å². The fourth-order valence-corrected chi connectivity index (χ4v) is 3.85. The minimum Gasteiger partial charge on any atom is -0.480 e. The van der Waals surface area contributed by atoms with Crippen LogP contribution in [0.4, 0.5) is 4.79 Å². The molecule has 1 aliphatic carbocycles. The second-order valence-electron chi connectivity index (χ2n) is 7.55. The number of carbonyl (C=O) groups excluding carboxylic acids is 1. The van der Waals surface area contributed by atoms with E-state index in [4.69, 9.17) is 15.7 Å². The van der Waals surface area contributed by atoms with Crippen molar-refractivity contribution < 1.29 is 29.7 Å². The summed E-state index contributed by atoms with van der Waals surface area (Å²) in [6, 6.07) is 14.8. The highest BCUT2D eigenvalue weighted by atomic mass is 16.7. The normalized spacial score (nSPS) is 13.9. The van der Waals surface area contributed by atoms with Crippen molar-refractivity contribution in [3.05, 3.63) is 75.7 Å². The van der Waals surface area contributed by atoms with E-state index in [2.05, 4.69) is 22.4 Å². The van der Waals surface area contributed by atoms with Crippen LogP contribution in [0.3, 0.4) is 0 Å². The average molecular weight is 456 g/mol. The van der Waals surface area contributed by atoms with Gasteiger partial charge in [-0.3, -0.25) is 0 Å². The van der Waals surface area contributed by atoms with Gasteiger partial charge in [0.05, 0.1) is 0 Å².